The lowest BCUT2D eigenvalue weighted by molar-refractivity contribution is 0.621. The van der Waals surface area contributed by atoms with Gasteiger partial charge in [0.2, 0.25) is 0 Å². The monoisotopic (exact) mass is 235 g/mol. The Bertz CT molecular complexity index is 505. The summed E-state index contributed by atoms with van der Waals surface area (Å²) >= 11 is 0. The van der Waals surface area contributed by atoms with Gasteiger partial charge >= 0.3 is 0 Å². The first-order chi connectivity index (χ1) is 8.26. The fourth-order valence-corrected chi connectivity index (χ4v) is 2.07. The van der Waals surface area contributed by atoms with Crippen molar-refractivity contribution >= 4 is 11.0 Å². The molecule has 0 radical (unpaired) electrons. The predicted octanol–water partition coefficient (Wildman–Crippen LogP) is 2.48. The number of aromatic nitrogens is 2. The Labute approximate surface area is 100 Å². The number of hydrogen-bond acceptors (Lipinski definition) is 2. The normalized spacial score (nSPS) is 11.2. The fraction of sp³-hybridized carbons (Fsp3) is 0.462. The lowest BCUT2D eigenvalue weighted by Gasteiger charge is -2.06. The van der Waals surface area contributed by atoms with Crippen LogP contribution < -0.4 is 5.73 Å². The van der Waals surface area contributed by atoms with Gasteiger partial charge in [-0.3, -0.25) is 0 Å². The van der Waals surface area contributed by atoms with Crippen molar-refractivity contribution in [1.29, 1.82) is 0 Å². The molecule has 0 aliphatic rings. The Morgan fingerprint density at radius 3 is 2.94 bits per heavy atom. The summed E-state index contributed by atoms with van der Waals surface area (Å²) in [7, 11) is 0. The van der Waals surface area contributed by atoms with E-state index in [1.165, 1.54) is 6.07 Å². The van der Waals surface area contributed by atoms with Crippen molar-refractivity contribution in [2.75, 3.05) is 6.54 Å². The number of fused-ring (bicyclic) bond motifs is 1. The van der Waals surface area contributed by atoms with Gasteiger partial charge in [0.15, 0.2) is 0 Å². The molecule has 2 rings (SSSR count). The second kappa shape index (κ2) is 5.27. The molecule has 1 aromatic heterocycles. The largest absolute Gasteiger partial charge is 0.330 e. The lowest BCUT2D eigenvalue weighted by Crippen LogP contribution is -2.07. The number of nitrogens with zero attached hydrogens (tertiary/aromatic N) is 2. The van der Waals surface area contributed by atoms with Crippen molar-refractivity contribution in [3.63, 3.8) is 0 Å². The molecule has 0 atom stereocenters. The van der Waals surface area contributed by atoms with Crippen molar-refractivity contribution in [2.45, 2.75) is 32.7 Å². The highest BCUT2D eigenvalue weighted by Gasteiger charge is 2.10. The van der Waals surface area contributed by atoms with E-state index in [1.807, 2.05) is 0 Å². The number of rotatable bonds is 5. The summed E-state index contributed by atoms with van der Waals surface area (Å²) in [6, 6.07) is 4.76. The first-order valence-electron chi connectivity index (χ1n) is 6.11. The summed E-state index contributed by atoms with van der Waals surface area (Å²) in [5.74, 6) is 0.804. The van der Waals surface area contributed by atoms with E-state index in [2.05, 4.69) is 16.5 Å². The van der Waals surface area contributed by atoms with E-state index in [9.17, 15) is 4.39 Å². The summed E-state index contributed by atoms with van der Waals surface area (Å²) in [6.07, 6.45) is 2.78. The van der Waals surface area contributed by atoms with Gasteiger partial charge in [-0.25, -0.2) is 9.37 Å². The highest BCUT2D eigenvalue weighted by Crippen LogP contribution is 2.19. The zero-order chi connectivity index (χ0) is 12.3. The van der Waals surface area contributed by atoms with Crippen molar-refractivity contribution < 1.29 is 4.39 Å². The first-order valence-corrected chi connectivity index (χ1v) is 6.11. The maximum absolute atomic E-state index is 13.3. The summed E-state index contributed by atoms with van der Waals surface area (Å²) in [5, 5.41) is 0. The molecule has 0 unspecified atom stereocenters. The Morgan fingerprint density at radius 2 is 2.24 bits per heavy atom. The van der Waals surface area contributed by atoms with Crippen molar-refractivity contribution in [3.05, 3.63) is 29.8 Å². The third kappa shape index (κ3) is 2.47. The van der Waals surface area contributed by atoms with Gasteiger partial charge in [-0.2, -0.15) is 0 Å². The quantitative estimate of drug-likeness (QED) is 0.865. The molecule has 2 N–H and O–H groups in total. The van der Waals surface area contributed by atoms with E-state index in [4.69, 9.17) is 5.73 Å². The summed E-state index contributed by atoms with van der Waals surface area (Å²) in [4.78, 5) is 4.55. The molecule has 0 aliphatic carbocycles. The molecule has 2 aromatic rings. The Morgan fingerprint density at radius 1 is 1.41 bits per heavy atom. The zero-order valence-electron chi connectivity index (χ0n) is 10.1. The van der Waals surface area contributed by atoms with E-state index in [1.54, 1.807) is 12.1 Å². The zero-order valence-corrected chi connectivity index (χ0v) is 10.1. The second-order valence-corrected chi connectivity index (χ2v) is 4.20. The van der Waals surface area contributed by atoms with Crippen molar-refractivity contribution in [3.8, 4) is 0 Å². The van der Waals surface area contributed by atoms with E-state index >= 15 is 0 Å². The number of hydrogen-bond donors (Lipinski definition) is 1. The van der Waals surface area contributed by atoms with Crippen LogP contribution in [0, 0.1) is 5.82 Å². The third-order valence-electron chi connectivity index (χ3n) is 2.84. The van der Waals surface area contributed by atoms with Gasteiger partial charge in [0, 0.05) is 13.0 Å². The second-order valence-electron chi connectivity index (χ2n) is 4.20. The van der Waals surface area contributed by atoms with Crippen LogP contribution in [0.2, 0.25) is 0 Å². The molecular weight excluding hydrogens is 217 g/mol. The fourth-order valence-electron chi connectivity index (χ4n) is 2.07. The van der Waals surface area contributed by atoms with Crippen LogP contribution in [-0.4, -0.2) is 16.1 Å². The SMILES string of the molecule is CCCn1c(CCCN)nc2ccc(F)cc21. The van der Waals surface area contributed by atoms with Gasteiger partial charge in [0.1, 0.15) is 11.6 Å². The van der Waals surface area contributed by atoms with Gasteiger partial charge in [0.05, 0.1) is 11.0 Å². The molecule has 0 bridgehead atoms. The van der Waals surface area contributed by atoms with Gasteiger partial charge in [-0.15, -0.1) is 0 Å². The summed E-state index contributed by atoms with van der Waals surface area (Å²) in [5.41, 5.74) is 7.28. The molecule has 0 aliphatic heterocycles. The minimum atomic E-state index is -0.208. The highest BCUT2D eigenvalue weighted by molar-refractivity contribution is 5.76. The number of imidazole rings is 1. The van der Waals surface area contributed by atoms with E-state index < -0.39 is 0 Å². The average Bonchev–Trinajstić information content (AvgIpc) is 2.65. The molecule has 0 fully saturated rings. The van der Waals surface area contributed by atoms with E-state index in [0.717, 1.165) is 42.7 Å². The van der Waals surface area contributed by atoms with Crippen LogP contribution in [0.1, 0.15) is 25.6 Å². The molecule has 4 heteroatoms. The summed E-state index contributed by atoms with van der Waals surface area (Å²) in [6.45, 7) is 3.64. The summed E-state index contributed by atoms with van der Waals surface area (Å²) < 4.78 is 15.4. The number of halogens is 1. The lowest BCUT2D eigenvalue weighted by atomic mass is 10.3. The predicted molar refractivity (Wildman–Crippen MR) is 67.4 cm³/mol. The molecule has 3 nitrogen and oxygen atoms in total. The smallest absolute Gasteiger partial charge is 0.125 e. The molecule has 0 saturated heterocycles. The molecule has 1 heterocycles. The van der Waals surface area contributed by atoms with Crippen LogP contribution in [0.4, 0.5) is 4.39 Å². The minimum Gasteiger partial charge on any atom is -0.330 e. The van der Waals surface area contributed by atoms with Crippen LogP contribution >= 0.6 is 0 Å². The Balaban J connectivity index is 2.46. The van der Waals surface area contributed by atoms with E-state index in [-0.39, 0.29) is 5.82 Å². The standard InChI is InChI=1S/C13H18FN3/c1-2-8-17-12-9-10(14)5-6-11(12)16-13(17)4-3-7-15/h5-6,9H,2-4,7-8,15H2,1H3. The average molecular weight is 235 g/mol. The Kier molecular flexibility index (Phi) is 3.74. The van der Waals surface area contributed by atoms with Gasteiger partial charge in [-0.1, -0.05) is 6.92 Å². The topological polar surface area (TPSA) is 43.8 Å². The molecule has 0 amide bonds. The van der Waals surface area contributed by atoms with Crippen molar-refractivity contribution in [2.24, 2.45) is 5.73 Å². The van der Waals surface area contributed by atoms with Crippen LogP contribution in [0.15, 0.2) is 18.2 Å². The number of nitrogens with two attached hydrogens (primary N) is 1. The van der Waals surface area contributed by atoms with Crippen molar-refractivity contribution in [1.82, 2.24) is 9.55 Å². The van der Waals surface area contributed by atoms with Gasteiger partial charge in [0.25, 0.3) is 0 Å². The molecular formula is C13H18FN3. The van der Waals surface area contributed by atoms with Gasteiger partial charge in [-0.05, 0) is 37.6 Å². The van der Waals surface area contributed by atoms with Crippen LogP contribution in [-0.2, 0) is 13.0 Å². The number of benzene rings is 1. The highest BCUT2D eigenvalue weighted by atomic mass is 19.1. The van der Waals surface area contributed by atoms with Crippen LogP contribution in [0.25, 0.3) is 11.0 Å². The molecule has 92 valence electrons. The maximum Gasteiger partial charge on any atom is 0.125 e. The van der Waals surface area contributed by atoms with Gasteiger partial charge < -0.3 is 10.3 Å². The van der Waals surface area contributed by atoms with Crippen LogP contribution in [0.3, 0.4) is 0 Å². The molecule has 0 spiro atoms. The first kappa shape index (κ1) is 12.0. The third-order valence-corrected chi connectivity index (χ3v) is 2.84. The maximum atomic E-state index is 13.3. The number of aryl methyl sites for hydroxylation is 2. The minimum absolute atomic E-state index is 0.208. The van der Waals surface area contributed by atoms with Crippen LogP contribution in [0.5, 0.6) is 0 Å². The Hall–Kier alpha value is -1.42. The molecule has 1 aromatic carbocycles. The molecule has 0 saturated carbocycles. The molecule has 17 heavy (non-hydrogen) atoms. The van der Waals surface area contributed by atoms with E-state index in [0.29, 0.717) is 6.54 Å².